The summed E-state index contributed by atoms with van der Waals surface area (Å²) in [6, 6.07) is 36.7. The number of allylic oxidation sites excluding steroid dienone is 4. The van der Waals surface area contributed by atoms with Gasteiger partial charge in [-0.1, -0.05) is 58.7 Å². The van der Waals surface area contributed by atoms with E-state index in [0.717, 1.165) is 266 Å². The summed E-state index contributed by atoms with van der Waals surface area (Å²) in [7, 11) is 6.60. The predicted octanol–water partition coefficient (Wildman–Crippen LogP) is 20.5. The first-order valence-electron chi connectivity index (χ1n) is 49.3. The Kier molecular flexibility index (Phi) is 27.4. The number of benzene rings is 6. The van der Waals surface area contributed by atoms with E-state index in [9.17, 15) is 0 Å². The maximum absolute atomic E-state index is 15.2. The van der Waals surface area contributed by atoms with Crippen LogP contribution in [0.15, 0.2) is 175 Å². The van der Waals surface area contributed by atoms with E-state index >= 15 is 4.39 Å². The number of nitrogens with zero attached hydrogens (tertiary/aromatic N) is 10. The molecule has 24 rings (SSSR count). The van der Waals surface area contributed by atoms with Crippen molar-refractivity contribution in [3.8, 4) is 92.0 Å². The summed E-state index contributed by atoms with van der Waals surface area (Å²) in [6.07, 6.45) is 30.1. The number of hydrogen-bond donors (Lipinski definition) is 0. The first kappa shape index (κ1) is 93.7. The van der Waals surface area contributed by atoms with Crippen molar-refractivity contribution < 1.29 is 80.2 Å². The number of rotatable bonds is 32. The summed E-state index contributed by atoms with van der Waals surface area (Å²) in [4.78, 5) is 37.3. The molecule has 0 unspecified atom stereocenters. The molecular weight excluding hydrogens is 1770 g/mol. The summed E-state index contributed by atoms with van der Waals surface area (Å²) in [6.45, 7) is 31.6. The van der Waals surface area contributed by atoms with Crippen molar-refractivity contribution in [2.75, 3.05) is 186 Å². The molecule has 12 aromatic rings. The molecule has 0 amide bonds. The quantitative estimate of drug-likeness (QED) is 0.0356. The molecule has 728 valence electrons. The fourth-order valence-corrected chi connectivity index (χ4v) is 21.3. The minimum atomic E-state index is -0.337. The minimum Gasteiger partial charge on any atom is -0.493 e. The number of aromatic nitrogens is 6. The Balaban J connectivity index is 0.000000111. The van der Waals surface area contributed by atoms with Gasteiger partial charge < -0.3 is 95.4 Å². The molecule has 140 heavy (non-hydrogen) atoms. The highest BCUT2D eigenvalue weighted by Gasteiger charge is 2.50. The Hall–Kier alpha value is -12.6. The van der Waals surface area contributed by atoms with Crippen LogP contribution in [0, 0.1) is 27.5 Å². The van der Waals surface area contributed by atoms with Crippen LogP contribution in [0.4, 0.5) is 4.39 Å². The summed E-state index contributed by atoms with van der Waals surface area (Å²) in [5, 5.41) is 3.37. The third-order valence-electron chi connectivity index (χ3n) is 29.0. The SMILES string of the molecule is COc1cc2c(Oc3ccc4c(c3)C=C(C)C4)ccnc2cc1OCCCN1CC2(COC2)C1.COc1cc2c(Oc3ccc4c(c3F)C=C(C)C4)ccnc2cc1OCCCN1CCC2(CC1)COC2.COc1cc2c(Oc3cnc4c(c3)C=C(C)C4)ccnc2cc1OCCCN1CC2(COC2)C1.COc1cc2c(Oc3cnc4c(c3)C=C(C)C4)ccnc2cc1OCCCN1CCC2(COC2)C1. The van der Waals surface area contributed by atoms with Gasteiger partial charge in [0, 0.05) is 170 Å². The van der Waals surface area contributed by atoms with E-state index in [0.29, 0.717) is 134 Å². The number of fused-ring (bicyclic) bond motifs is 8. The van der Waals surface area contributed by atoms with Crippen molar-refractivity contribution in [3.05, 3.63) is 225 Å². The van der Waals surface area contributed by atoms with Gasteiger partial charge in [0.1, 0.15) is 40.2 Å². The van der Waals surface area contributed by atoms with Crippen LogP contribution in [0.25, 0.3) is 67.9 Å². The van der Waals surface area contributed by atoms with Crippen molar-refractivity contribution >= 4 is 67.9 Å². The molecule has 0 atom stereocenters. The maximum Gasteiger partial charge on any atom is 0.173 e. The number of pyridine rings is 6. The Morgan fingerprint density at radius 1 is 0.314 bits per heavy atom. The van der Waals surface area contributed by atoms with Crippen molar-refractivity contribution in [1.82, 2.24) is 49.5 Å². The lowest BCUT2D eigenvalue weighted by molar-refractivity contribution is -0.189. The van der Waals surface area contributed by atoms with Crippen molar-refractivity contribution in [3.63, 3.8) is 0 Å². The monoisotopic (exact) mass is 1890 g/mol. The van der Waals surface area contributed by atoms with Gasteiger partial charge in [-0.2, -0.15) is 0 Å². The predicted molar refractivity (Wildman–Crippen MR) is 537 cm³/mol. The van der Waals surface area contributed by atoms with E-state index in [4.69, 9.17) is 75.8 Å². The van der Waals surface area contributed by atoms with Crippen molar-refractivity contribution in [1.29, 1.82) is 0 Å². The number of methoxy groups -OCH3 is 4. The summed E-state index contributed by atoms with van der Waals surface area (Å²) >= 11 is 0. The first-order chi connectivity index (χ1) is 68.3. The summed E-state index contributed by atoms with van der Waals surface area (Å²) < 4.78 is 109. The van der Waals surface area contributed by atoms with Gasteiger partial charge in [0.2, 0.25) is 0 Å². The van der Waals surface area contributed by atoms with Crippen LogP contribution >= 0.6 is 0 Å². The van der Waals surface area contributed by atoms with E-state index in [2.05, 4.69) is 101 Å². The van der Waals surface area contributed by atoms with Gasteiger partial charge in [0.05, 0.1) is 154 Å². The zero-order chi connectivity index (χ0) is 95.5. The Morgan fingerprint density at radius 2 is 0.664 bits per heavy atom. The van der Waals surface area contributed by atoms with E-state index in [1.54, 1.807) is 77.8 Å². The molecule has 0 bridgehead atoms. The average Bonchev–Trinajstić information content (AvgIpc) is 1.01. The summed E-state index contributed by atoms with van der Waals surface area (Å²) in [5.41, 5.74) is 18.7. The highest BCUT2D eigenvalue weighted by atomic mass is 19.1. The molecule has 4 aliphatic carbocycles. The second-order valence-electron chi connectivity index (χ2n) is 40.2. The standard InChI is InChI=1S/C30H33FN2O4.C28H31N3O4.C28H30N2O4.C27H29N3O4/c1-20-14-21-4-5-26(29(31)22(21)15-20)37-25-6-9-32-24-17-28(27(34-2)16-23(24)25)36-13-3-10-33-11-7-30(8-12-33)18-35-19-30;1-19-10-20-12-21(15-30-23(20)11-19)35-25-4-6-29-24-14-27(26(32-2)13-22(24)25)34-9-3-7-31-8-5-28(16-31)17-33-18-28;1-19-10-20-4-5-22(12-21(20)11-19)34-25-6-7-29-24-14-27(26(31-2)13-23(24)25)33-9-3-8-30-15-28(16-30)17-32-18-28;1-18-8-19-10-20(13-29-22(19)9-18)34-24-4-5-28-23-12-26(25(31-2)11-21(23)24)33-7-3-6-30-14-27(15-30)16-32-17-27/h4-6,9,15-17H,3,7-8,10-14,18-19H2,1-2H3;4,6,10,12-15H,3,5,7-9,11,16-18H2,1-2H3;4-7,11-14H,3,8-10,15-18H2,1-2H3;4-5,8,10-13H,3,6-7,9,14-17H2,1-2H3. The van der Waals surface area contributed by atoms with E-state index in [-0.39, 0.29) is 11.6 Å². The molecule has 0 radical (unpaired) electrons. The second-order valence-corrected chi connectivity index (χ2v) is 40.2. The van der Waals surface area contributed by atoms with E-state index in [1.807, 2.05) is 104 Å². The fourth-order valence-electron chi connectivity index (χ4n) is 21.3. The largest absolute Gasteiger partial charge is 0.493 e. The number of likely N-dealkylation sites (tertiary alicyclic amines) is 4. The highest BCUT2D eigenvalue weighted by Crippen LogP contribution is 2.48. The van der Waals surface area contributed by atoms with Gasteiger partial charge in [0.15, 0.2) is 57.6 Å². The fraction of sp³-hybridized carbons (Fsp3) is 0.416. The van der Waals surface area contributed by atoms with E-state index < -0.39 is 0 Å². The molecular formula is C113H123FN10O16. The lowest BCUT2D eigenvalue weighted by Gasteiger charge is -2.55. The van der Waals surface area contributed by atoms with Crippen molar-refractivity contribution in [2.45, 2.75) is 98.3 Å². The Labute approximate surface area is 816 Å². The van der Waals surface area contributed by atoms with Gasteiger partial charge in [-0.3, -0.25) is 29.9 Å². The molecule has 8 aliphatic heterocycles. The Morgan fingerprint density at radius 3 is 1.08 bits per heavy atom. The molecule has 4 spiro atoms. The van der Waals surface area contributed by atoms with Crippen molar-refractivity contribution in [2.24, 2.45) is 21.7 Å². The van der Waals surface area contributed by atoms with Gasteiger partial charge in [-0.25, -0.2) is 4.39 Å². The van der Waals surface area contributed by atoms with Crippen LogP contribution < -0.4 is 56.8 Å². The number of halogens is 1. The molecule has 0 saturated carbocycles. The minimum absolute atomic E-state index is 0.199. The highest BCUT2D eigenvalue weighted by molar-refractivity contribution is 5.92. The zero-order valence-corrected chi connectivity index (χ0v) is 81.4. The molecule has 26 nitrogen and oxygen atoms in total. The Bertz CT molecular complexity index is 6550. The normalized spacial score (nSPS) is 18.3. The lowest BCUT2D eigenvalue weighted by atomic mass is 9.77. The van der Waals surface area contributed by atoms with E-state index in [1.165, 1.54) is 47.1 Å². The number of hydrogen-bond acceptors (Lipinski definition) is 26. The number of piperidine rings is 1. The van der Waals surface area contributed by atoms with Crippen LogP contribution in [0.5, 0.6) is 92.0 Å². The molecule has 6 aromatic carbocycles. The van der Waals surface area contributed by atoms with Crippen LogP contribution in [0.1, 0.15) is 117 Å². The first-order valence-corrected chi connectivity index (χ1v) is 49.3. The molecule has 0 N–H and O–H groups in total. The summed E-state index contributed by atoms with van der Waals surface area (Å²) in [5.74, 6) is 10.2. The topological polar surface area (TPSA) is 238 Å². The molecule has 8 saturated heterocycles. The smallest absolute Gasteiger partial charge is 0.173 e. The van der Waals surface area contributed by atoms with Gasteiger partial charge in [0.25, 0.3) is 0 Å². The average molecular weight is 1900 g/mol. The lowest BCUT2D eigenvalue weighted by Crippen LogP contribution is -2.65. The van der Waals surface area contributed by atoms with Gasteiger partial charge in [-0.05, 0) is 212 Å². The zero-order valence-electron chi connectivity index (χ0n) is 81.4. The van der Waals surface area contributed by atoms with Gasteiger partial charge in [-0.15, -0.1) is 0 Å². The maximum atomic E-state index is 15.2. The number of ether oxygens (including phenoxy) is 16. The van der Waals surface area contributed by atoms with Crippen LogP contribution in [-0.2, 0) is 44.6 Å². The third-order valence-corrected chi connectivity index (χ3v) is 29.0. The second kappa shape index (κ2) is 40.9. The van der Waals surface area contributed by atoms with Crippen LogP contribution in [-0.4, -0.2) is 236 Å². The molecule has 8 fully saturated rings. The molecule has 6 aromatic heterocycles. The molecule has 14 heterocycles. The van der Waals surface area contributed by atoms with Crippen LogP contribution in [0.3, 0.4) is 0 Å². The molecule has 12 aliphatic rings. The third kappa shape index (κ3) is 20.7. The van der Waals surface area contributed by atoms with Crippen LogP contribution in [0.2, 0.25) is 0 Å². The van der Waals surface area contributed by atoms with Gasteiger partial charge >= 0.3 is 0 Å². The molecule has 27 heteroatoms.